The van der Waals surface area contributed by atoms with Crippen molar-refractivity contribution in [1.82, 2.24) is 19.6 Å². The second-order valence-corrected chi connectivity index (χ2v) is 7.52. The largest absolute Gasteiger partial charge is 0.457 e. The second-order valence-electron chi connectivity index (χ2n) is 7.52. The number of carbonyl (C=O) groups is 3. The first-order valence-corrected chi connectivity index (χ1v) is 10.2. The first-order valence-electron chi connectivity index (χ1n) is 10.2. The van der Waals surface area contributed by atoms with Gasteiger partial charge in [-0.05, 0) is 44.4 Å². The van der Waals surface area contributed by atoms with Crippen LogP contribution in [0.2, 0.25) is 0 Å². The number of hydrogen-bond acceptors (Lipinski definition) is 7. The summed E-state index contributed by atoms with van der Waals surface area (Å²) < 4.78 is 6.83. The summed E-state index contributed by atoms with van der Waals surface area (Å²) in [5.41, 5.74) is 3.68. The smallest absolute Gasteiger partial charge is 0.306 e. The number of esters is 1. The minimum Gasteiger partial charge on any atom is -0.457 e. The van der Waals surface area contributed by atoms with Gasteiger partial charge in [-0.15, -0.1) is 0 Å². The van der Waals surface area contributed by atoms with Crippen molar-refractivity contribution in [3.63, 3.8) is 0 Å². The van der Waals surface area contributed by atoms with Gasteiger partial charge < -0.3 is 9.64 Å². The van der Waals surface area contributed by atoms with Crippen LogP contribution in [0.3, 0.4) is 0 Å². The molecule has 0 spiro atoms. The van der Waals surface area contributed by atoms with E-state index in [1.807, 2.05) is 13.8 Å². The van der Waals surface area contributed by atoms with Gasteiger partial charge in [-0.2, -0.15) is 10.1 Å². The third kappa shape index (κ3) is 4.30. The number of ketones is 1. The number of carbonyl (C=O) groups excluding carboxylic acids is 3. The monoisotopic (exact) mass is 421 g/mol. The lowest BCUT2D eigenvalue weighted by atomic mass is 10.1. The molecule has 0 saturated carbocycles. The van der Waals surface area contributed by atoms with Crippen LogP contribution in [0.25, 0.3) is 5.78 Å². The number of anilines is 1. The predicted octanol–water partition coefficient (Wildman–Crippen LogP) is 2.23. The van der Waals surface area contributed by atoms with Crippen LogP contribution in [0.1, 0.15) is 46.6 Å². The van der Waals surface area contributed by atoms with Crippen LogP contribution in [-0.2, 0) is 20.7 Å². The van der Waals surface area contributed by atoms with Crippen molar-refractivity contribution in [2.75, 3.05) is 18.1 Å². The molecule has 0 atom stereocenters. The maximum absolute atomic E-state index is 12.5. The summed E-state index contributed by atoms with van der Waals surface area (Å²) in [5.74, 6) is -0.193. The molecule has 0 bridgehead atoms. The highest BCUT2D eigenvalue weighted by atomic mass is 16.5. The number of rotatable bonds is 7. The number of Topliss-reactive ketones (excluding diaryl/α,β-unsaturated/α-hetero) is 1. The summed E-state index contributed by atoms with van der Waals surface area (Å²) in [5, 5.41) is 4.14. The molecule has 0 aliphatic carbocycles. The molecule has 0 N–H and O–H groups in total. The van der Waals surface area contributed by atoms with Gasteiger partial charge in [0.2, 0.25) is 5.91 Å². The number of aryl methyl sites for hydroxylation is 2. The Kier molecular flexibility index (Phi) is 5.75. The van der Waals surface area contributed by atoms with Crippen molar-refractivity contribution >= 4 is 29.1 Å². The lowest BCUT2D eigenvalue weighted by molar-refractivity contribution is -0.142. The fourth-order valence-electron chi connectivity index (χ4n) is 3.81. The Balaban J connectivity index is 1.34. The molecule has 1 aliphatic heterocycles. The molecule has 1 saturated heterocycles. The minimum absolute atomic E-state index is 0.0557. The van der Waals surface area contributed by atoms with Crippen LogP contribution >= 0.6 is 0 Å². The molecule has 0 unspecified atom stereocenters. The van der Waals surface area contributed by atoms with Crippen molar-refractivity contribution in [2.45, 2.75) is 39.5 Å². The summed E-state index contributed by atoms with van der Waals surface area (Å²) >= 11 is 0. The highest BCUT2D eigenvalue weighted by Gasteiger charge is 2.22. The fourth-order valence-corrected chi connectivity index (χ4v) is 3.81. The molecule has 0 radical (unpaired) electrons. The fraction of sp³-hybridized carbons (Fsp3) is 0.364. The third-order valence-electron chi connectivity index (χ3n) is 5.49. The van der Waals surface area contributed by atoms with E-state index in [1.54, 1.807) is 33.7 Å². The maximum atomic E-state index is 12.5. The van der Waals surface area contributed by atoms with Gasteiger partial charge in [0.05, 0.1) is 0 Å². The molecule has 9 heteroatoms. The number of aromatic nitrogens is 4. The van der Waals surface area contributed by atoms with Crippen LogP contribution < -0.4 is 4.90 Å². The van der Waals surface area contributed by atoms with Gasteiger partial charge in [0.15, 0.2) is 12.4 Å². The molecule has 3 aromatic rings. The average molecular weight is 421 g/mol. The first kappa shape index (κ1) is 20.6. The number of benzene rings is 1. The van der Waals surface area contributed by atoms with E-state index in [1.165, 1.54) is 6.33 Å². The van der Waals surface area contributed by atoms with Gasteiger partial charge >= 0.3 is 5.97 Å². The van der Waals surface area contributed by atoms with E-state index < -0.39 is 5.97 Å². The number of hydrogen-bond donors (Lipinski definition) is 0. The Bertz CT molecular complexity index is 1170. The lowest BCUT2D eigenvalue weighted by Crippen LogP contribution is -2.24. The Morgan fingerprint density at radius 1 is 1.23 bits per heavy atom. The summed E-state index contributed by atoms with van der Waals surface area (Å²) in [6.45, 7) is 4.08. The molecular weight excluding hydrogens is 398 g/mol. The standard InChI is InChI=1S/C22H23N5O4/c1-14-18(15(2)27-22(25-14)23-13-24-27)8-9-21(30)31-12-19(28)16-5-3-6-17(11-16)26-10-4-7-20(26)29/h3,5-6,11,13H,4,7-10,12H2,1-2H3. The van der Waals surface area contributed by atoms with Gasteiger partial charge in [0.1, 0.15) is 6.33 Å². The van der Waals surface area contributed by atoms with E-state index >= 15 is 0 Å². The number of fused-ring (bicyclic) bond motifs is 1. The molecule has 9 nitrogen and oxygen atoms in total. The minimum atomic E-state index is -0.461. The van der Waals surface area contributed by atoms with Gasteiger partial charge in [0, 0.05) is 42.0 Å². The summed E-state index contributed by atoms with van der Waals surface area (Å²) in [7, 11) is 0. The average Bonchev–Trinajstić information content (AvgIpc) is 3.40. The maximum Gasteiger partial charge on any atom is 0.306 e. The lowest BCUT2D eigenvalue weighted by Gasteiger charge is -2.16. The van der Waals surface area contributed by atoms with Gasteiger partial charge in [-0.3, -0.25) is 14.4 Å². The zero-order valence-electron chi connectivity index (χ0n) is 17.5. The molecule has 3 heterocycles. The third-order valence-corrected chi connectivity index (χ3v) is 5.49. The van der Waals surface area contributed by atoms with E-state index in [9.17, 15) is 14.4 Å². The van der Waals surface area contributed by atoms with Crippen molar-refractivity contribution in [2.24, 2.45) is 0 Å². The normalized spacial score (nSPS) is 13.7. The zero-order valence-corrected chi connectivity index (χ0v) is 17.5. The van der Waals surface area contributed by atoms with Crippen molar-refractivity contribution < 1.29 is 19.1 Å². The molecule has 1 aromatic carbocycles. The Labute approximate surface area is 179 Å². The van der Waals surface area contributed by atoms with E-state index in [0.717, 1.165) is 23.4 Å². The highest BCUT2D eigenvalue weighted by molar-refractivity contribution is 6.01. The first-order chi connectivity index (χ1) is 14.9. The number of nitrogens with zero attached hydrogens (tertiary/aromatic N) is 5. The van der Waals surface area contributed by atoms with E-state index in [2.05, 4.69) is 15.1 Å². The van der Waals surface area contributed by atoms with Crippen molar-refractivity contribution in [3.05, 3.63) is 53.1 Å². The molecule has 1 aliphatic rings. The van der Waals surface area contributed by atoms with Crippen LogP contribution in [0.15, 0.2) is 30.6 Å². The highest BCUT2D eigenvalue weighted by Crippen LogP contribution is 2.22. The second kappa shape index (κ2) is 8.63. The van der Waals surface area contributed by atoms with Crippen LogP contribution in [0.5, 0.6) is 0 Å². The van der Waals surface area contributed by atoms with Crippen LogP contribution in [-0.4, -0.2) is 50.4 Å². The van der Waals surface area contributed by atoms with E-state index in [-0.39, 0.29) is 24.7 Å². The zero-order chi connectivity index (χ0) is 22.0. The molecular formula is C22H23N5O4. The van der Waals surface area contributed by atoms with Gasteiger partial charge in [-0.25, -0.2) is 9.50 Å². The molecule has 1 fully saturated rings. The molecule has 31 heavy (non-hydrogen) atoms. The summed E-state index contributed by atoms with van der Waals surface area (Å²) in [6, 6.07) is 6.86. The molecule has 1 amide bonds. The summed E-state index contributed by atoms with van der Waals surface area (Å²) in [6.07, 6.45) is 3.33. The number of amides is 1. The van der Waals surface area contributed by atoms with E-state index in [0.29, 0.717) is 36.4 Å². The Hall–Kier alpha value is -3.62. The molecule has 160 valence electrons. The topological polar surface area (TPSA) is 107 Å². The predicted molar refractivity (Wildman–Crippen MR) is 112 cm³/mol. The molecule has 4 rings (SSSR count). The van der Waals surface area contributed by atoms with Gasteiger partial charge in [0.25, 0.3) is 5.78 Å². The Morgan fingerprint density at radius 2 is 2.06 bits per heavy atom. The van der Waals surface area contributed by atoms with E-state index in [4.69, 9.17) is 4.74 Å². The van der Waals surface area contributed by atoms with Gasteiger partial charge in [-0.1, -0.05) is 12.1 Å². The number of ether oxygens (including phenoxy) is 1. The quantitative estimate of drug-likeness (QED) is 0.425. The van der Waals surface area contributed by atoms with Crippen molar-refractivity contribution in [1.29, 1.82) is 0 Å². The Morgan fingerprint density at radius 3 is 2.84 bits per heavy atom. The summed E-state index contributed by atoms with van der Waals surface area (Å²) in [4.78, 5) is 46.8. The van der Waals surface area contributed by atoms with Crippen molar-refractivity contribution in [3.8, 4) is 0 Å². The van der Waals surface area contributed by atoms with Crippen LogP contribution in [0, 0.1) is 13.8 Å². The SMILES string of the molecule is Cc1nc2ncnn2c(C)c1CCC(=O)OCC(=O)c1cccc(N2CCCC2=O)c1. The molecule has 2 aromatic heterocycles. The van der Waals surface area contributed by atoms with Crippen LogP contribution in [0.4, 0.5) is 5.69 Å².